The molecule has 0 aromatic heterocycles. The molecule has 4 heteroatoms. The molecule has 1 aliphatic rings. The minimum atomic E-state index is -0.0724. The lowest BCUT2D eigenvalue weighted by atomic mass is 10.1. The summed E-state index contributed by atoms with van der Waals surface area (Å²) in [4.78, 5) is 11.8. The van der Waals surface area contributed by atoms with Gasteiger partial charge in [-0.1, -0.05) is 44.7 Å². The van der Waals surface area contributed by atoms with Crippen LogP contribution in [0.25, 0.3) is 0 Å². The number of hydrogen-bond donors (Lipinski definition) is 2. The Morgan fingerprint density at radius 3 is 2.45 bits per heavy atom. The van der Waals surface area contributed by atoms with Gasteiger partial charge in [-0.3, -0.25) is 0 Å². The number of nitrogens with one attached hydrogen (secondary N) is 2. The zero-order valence-electron chi connectivity index (χ0n) is 13.6. The van der Waals surface area contributed by atoms with Crippen LogP contribution in [-0.4, -0.2) is 25.2 Å². The summed E-state index contributed by atoms with van der Waals surface area (Å²) in [5.41, 5.74) is 1.30. The second-order valence-corrected chi connectivity index (χ2v) is 5.93. The SMILES string of the molecule is CCc1ccc(OCCNC(=O)NC2CCCCCC2)cc1. The fourth-order valence-corrected chi connectivity index (χ4v) is 2.81. The molecule has 2 N–H and O–H groups in total. The largest absolute Gasteiger partial charge is 0.492 e. The van der Waals surface area contributed by atoms with E-state index in [9.17, 15) is 4.79 Å². The van der Waals surface area contributed by atoms with Crippen LogP contribution in [0, 0.1) is 0 Å². The van der Waals surface area contributed by atoms with Crippen LogP contribution in [0.15, 0.2) is 24.3 Å². The lowest BCUT2D eigenvalue weighted by Gasteiger charge is -2.16. The first-order valence-electron chi connectivity index (χ1n) is 8.54. The minimum Gasteiger partial charge on any atom is -0.492 e. The molecule has 122 valence electrons. The molecule has 1 aromatic carbocycles. The van der Waals surface area contributed by atoms with E-state index < -0.39 is 0 Å². The number of carbonyl (C=O) groups excluding carboxylic acids is 1. The first-order valence-corrected chi connectivity index (χ1v) is 8.54. The van der Waals surface area contributed by atoms with Crippen molar-refractivity contribution < 1.29 is 9.53 Å². The molecular weight excluding hydrogens is 276 g/mol. The Kier molecular flexibility index (Phi) is 7.07. The molecule has 2 amide bonds. The van der Waals surface area contributed by atoms with Gasteiger partial charge in [-0.15, -0.1) is 0 Å². The molecule has 0 radical (unpaired) electrons. The number of urea groups is 1. The number of aryl methyl sites for hydroxylation is 1. The number of hydrogen-bond acceptors (Lipinski definition) is 2. The van der Waals surface area contributed by atoms with Crippen LogP contribution in [0.4, 0.5) is 4.79 Å². The molecule has 0 spiro atoms. The fraction of sp³-hybridized carbons (Fsp3) is 0.611. The summed E-state index contributed by atoms with van der Waals surface area (Å²) < 4.78 is 5.62. The van der Waals surface area contributed by atoms with Crippen LogP contribution in [0.1, 0.15) is 51.0 Å². The first kappa shape index (κ1) is 16.7. The van der Waals surface area contributed by atoms with Gasteiger partial charge in [-0.05, 0) is 37.0 Å². The average molecular weight is 304 g/mol. The molecule has 4 nitrogen and oxygen atoms in total. The molecule has 1 fully saturated rings. The Morgan fingerprint density at radius 2 is 1.82 bits per heavy atom. The lowest BCUT2D eigenvalue weighted by Crippen LogP contribution is -2.43. The van der Waals surface area contributed by atoms with Crippen molar-refractivity contribution in [2.75, 3.05) is 13.2 Å². The van der Waals surface area contributed by atoms with Crippen LogP contribution < -0.4 is 15.4 Å². The lowest BCUT2D eigenvalue weighted by molar-refractivity contribution is 0.231. The molecule has 0 heterocycles. The van der Waals surface area contributed by atoms with Crippen LogP contribution >= 0.6 is 0 Å². The van der Waals surface area contributed by atoms with Crippen molar-refractivity contribution in [3.8, 4) is 5.75 Å². The summed E-state index contributed by atoms with van der Waals surface area (Å²) >= 11 is 0. The van der Waals surface area contributed by atoms with E-state index in [0.717, 1.165) is 25.0 Å². The van der Waals surface area contributed by atoms with Crippen LogP contribution in [0.2, 0.25) is 0 Å². The topological polar surface area (TPSA) is 50.4 Å². The highest BCUT2D eigenvalue weighted by Crippen LogP contribution is 2.17. The summed E-state index contributed by atoms with van der Waals surface area (Å²) in [6, 6.07) is 8.36. The summed E-state index contributed by atoms with van der Waals surface area (Å²) in [5.74, 6) is 0.850. The van der Waals surface area contributed by atoms with E-state index >= 15 is 0 Å². The number of ether oxygens (including phenoxy) is 1. The summed E-state index contributed by atoms with van der Waals surface area (Å²) in [6.07, 6.45) is 8.28. The maximum absolute atomic E-state index is 11.8. The van der Waals surface area contributed by atoms with Gasteiger partial charge in [0.25, 0.3) is 0 Å². The van der Waals surface area contributed by atoms with E-state index in [-0.39, 0.29) is 6.03 Å². The summed E-state index contributed by atoms with van der Waals surface area (Å²) in [7, 11) is 0. The number of benzene rings is 1. The number of rotatable bonds is 6. The predicted octanol–water partition coefficient (Wildman–Crippen LogP) is 3.65. The summed E-state index contributed by atoms with van der Waals surface area (Å²) in [5, 5.41) is 5.94. The second kappa shape index (κ2) is 9.34. The van der Waals surface area contributed by atoms with Gasteiger partial charge in [0.15, 0.2) is 0 Å². The van der Waals surface area contributed by atoms with Crippen molar-refractivity contribution in [3.05, 3.63) is 29.8 Å². The minimum absolute atomic E-state index is 0.0724. The third-order valence-electron chi connectivity index (χ3n) is 4.18. The number of carbonyl (C=O) groups is 1. The smallest absolute Gasteiger partial charge is 0.315 e. The molecule has 2 rings (SSSR count). The van der Waals surface area contributed by atoms with Gasteiger partial charge < -0.3 is 15.4 Å². The van der Waals surface area contributed by atoms with Gasteiger partial charge in [-0.25, -0.2) is 4.79 Å². The van der Waals surface area contributed by atoms with E-state index in [4.69, 9.17) is 4.74 Å². The van der Waals surface area contributed by atoms with E-state index in [0.29, 0.717) is 19.2 Å². The molecule has 0 saturated heterocycles. The predicted molar refractivity (Wildman–Crippen MR) is 89.3 cm³/mol. The highest BCUT2D eigenvalue weighted by molar-refractivity contribution is 5.74. The standard InChI is InChI=1S/C18H28N2O2/c1-2-15-9-11-17(12-10-15)22-14-13-19-18(21)20-16-7-5-3-4-6-8-16/h9-12,16H,2-8,13-14H2,1H3,(H2,19,20,21). The van der Waals surface area contributed by atoms with Crippen molar-refractivity contribution >= 4 is 6.03 Å². The van der Waals surface area contributed by atoms with Crippen molar-refractivity contribution in [1.29, 1.82) is 0 Å². The molecule has 0 unspecified atom stereocenters. The zero-order chi connectivity index (χ0) is 15.6. The second-order valence-electron chi connectivity index (χ2n) is 5.93. The molecule has 0 atom stereocenters. The van der Waals surface area contributed by atoms with Crippen LogP contribution in [0.3, 0.4) is 0 Å². The Labute approximate surface area is 133 Å². The van der Waals surface area contributed by atoms with Crippen LogP contribution in [-0.2, 0) is 6.42 Å². The third kappa shape index (κ3) is 5.96. The quantitative estimate of drug-likeness (QED) is 0.622. The van der Waals surface area contributed by atoms with Crippen molar-refractivity contribution in [1.82, 2.24) is 10.6 Å². The Bertz CT molecular complexity index is 437. The Hall–Kier alpha value is -1.71. The number of amides is 2. The highest BCUT2D eigenvalue weighted by atomic mass is 16.5. The molecule has 22 heavy (non-hydrogen) atoms. The highest BCUT2D eigenvalue weighted by Gasteiger charge is 2.14. The molecule has 0 aliphatic heterocycles. The molecular formula is C18H28N2O2. The Morgan fingerprint density at radius 1 is 1.14 bits per heavy atom. The van der Waals surface area contributed by atoms with Crippen LogP contribution in [0.5, 0.6) is 5.75 Å². The maximum atomic E-state index is 11.8. The van der Waals surface area contributed by atoms with E-state index in [1.807, 2.05) is 12.1 Å². The monoisotopic (exact) mass is 304 g/mol. The Balaban J connectivity index is 1.59. The average Bonchev–Trinajstić information content (AvgIpc) is 2.81. The van der Waals surface area contributed by atoms with Gasteiger partial charge in [0.1, 0.15) is 12.4 Å². The van der Waals surface area contributed by atoms with Crippen molar-refractivity contribution in [3.63, 3.8) is 0 Å². The molecule has 1 aromatic rings. The summed E-state index contributed by atoms with van der Waals surface area (Å²) in [6.45, 7) is 3.14. The van der Waals surface area contributed by atoms with Crippen molar-refractivity contribution in [2.45, 2.75) is 57.9 Å². The fourth-order valence-electron chi connectivity index (χ4n) is 2.81. The first-order chi connectivity index (χ1) is 10.8. The zero-order valence-corrected chi connectivity index (χ0v) is 13.6. The van der Waals surface area contributed by atoms with E-state index in [2.05, 4.69) is 29.7 Å². The third-order valence-corrected chi connectivity index (χ3v) is 4.18. The maximum Gasteiger partial charge on any atom is 0.315 e. The van der Waals surface area contributed by atoms with Gasteiger partial charge in [0, 0.05) is 6.04 Å². The van der Waals surface area contributed by atoms with Gasteiger partial charge in [-0.2, -0.15) is 0 Å². The van der Waals surface area contributed by atoms with Gasteiger partial charge in [0.05, 0.1) is 6.54 Å². The van der Waals surface area contributed by atoms with Gasteiger partial charge >= 0.3 is 6.03 Å². The van der Waals surface area contributed by atoms with Crippen molar-refractivity contribution in [2.24, 2.45) is 0 Å². The molecule has 1 aliphatic carbocycles. The van der Waals surface area contributed by atoms with E-state index in [1.54, 1.807) is 0 Å². The normalized spacial score (nSPS) is 15.9. The van der Waals surface area contributed by atoms with Gasteiger partial charge in [0.2, 0.25) is 0 Å². The van der Waals surface area contributed by atoms with E-state index in [1.165, 1.54) is 31.2 Å². The molecule has 0 bridgehead atoms. The molecule has 1 saturated carbocycles.